The van der Waals surface area contributed by atoms with Crippen LogP contribution in [-0.4, -0.2) is 37.2 Å². The van der Waals surface area contributed by atoms with E-state index in [0.29, 0.717) is 19.3 Å². The van der Waals surface area contributed by atoms with Gasteiger partial charge in [-0.1, -0.05) is 292 Å². The zero-order valence-electron chi connectivity index (χ0n) is 50.3. The minimum absolute atomic E-state index is 0.0882. The van der Waals surface area contributed by atoms with Gasteiger partial charge in [-0.25, -0.2) is 0 Å². The summed E-state index contributed by atoms with van der Waals surface area (Å²) in [6, 6.07) is 0. The Labute approximate surface area is 471 Å². The van der Waals surface area contributed by atoms with Crippen LogP contribution in [0.2, 0.25) is 0 Å². The van der Waals surface area contributed by atoms with Crippen molar-refractivity contribution in [3.8, 4) is 0 Å². The van der Waals surface area contributed by atoms with Crippen LogP contribution in [0.1, 0.15) is 323 Å². The van der Waals surface area contributed by atoms with Crippen molar-refractivity contribution < 1.29 is 28.6 Å². The maximum Gasteiger partial charge on any atom is 0.306 e. The summed E-state index contributed by atoms with van der Waals surface area (Å²) < 4.78 is 16.9. The molecule has 1 atom stereocenters. The molecule has 0 heterocycles. The van der Waals surface area contributed by atoms with E-state index < -0.39 is 6.10 Å². The monoisotopic (exact) mass is 1060 g/mol. The molecule has 0 saturated heterocycles. The van der Waals surface area contributed by atoms with Gasteiger partial charge in [0.05, 0.1) is 0 Å². The molecule has 0 rings (SSSR count). The second kappa shape index (κ2) is 64.1. The number of ether oxygens (including phenoxy) is 3. The number of rotatable bonds is 59. The molecule has 0 aliphatic carbocycles. The van der Waals surface area contributed by atoms with Crippen LogP contribution in [0.5, 0.6) is 0 Å². The van der Waals surface area contributed by atoms with E-state index in [9.17, 15) is 14.4 Å². The second-order valence-corrected chi connectivity index (χ2v) is 21.6. The molecule has 0 amide bonds. The van der Waals surface area contributed by atoms with E-state index in [1.807, 2.05) is 0 Å². The third kappa shape index (κ3) is 61.4. The van der Waals surface area contributed by atoms with Crippen molar-refractivity contribution in [1.29, 1.82) is 0 Å². The van der Waals surface area contributed by atoms with Crippen molar-refractivity contribution in [2.75, 3.05) is 13.2 Å². The van der Waals surface area contributed by atoms with Crippen LogP contribution in [0.15, 0.2) is 85.1 Å². The summed E-state index contributed by atoms with van der Waals surface area (Å²) in [5, 5.41) is 0. The molecule has 1 unspecified atom stereocenters. The van der Waals surface area contributed by atoms with Crippen LogP contribution in [0.3, 0.4) is 0 Å². The summed E-state index contributed by atoms with van der Waals surface area (Å²) >= 11 is 0. The fourth-order valence-electron chi connectivity index (χ4n) is 9.27. The van der Waals surface area contributed by atoms with Crippen molar-refractivity contribution >= 4 is 17.9 Å². The molecule has 438 valence electrons. The summed E-state index contributed by atoms with van der Waals surface area (Å²) in [6.07, 6.45) is 84.4. The summed E-state index contributed by atoms with van der Waals surface area (Å²) in [5.74, 6) is -0.920. The molecule has 0 aliphatic rings. The van der Waals surface area contributed by atoms with Gasteiger partial charge >= 0.3 is 17.9 Å². The van der Waals surface area contributed by atoms with Gasteiger partial charge in [0.1, 0.15) is 13.2 Å². The van der Waals surface area contributed by atoms with Gasteiger partial charge in [0.15, 0.2) is 6.10 Å². The lowest BCUT2D eigenvalue weighted by atomic mass is 10.0. The zero-order valence-corrected chi connectivity index (χ0v) is 50.3. The number of hydrogen-bond acceptors (Lipinski definition) is 6. The Hall–Kier alpha value is -3.41. The molecule has 0 bridgehead atoms. The topological polar surface area (TPSA) is 78.9 Å². The van der Waals surface area contributed by atoms with Crippen LogP contribution in [-0.2, 0) is 28.6 Å². The molecule has 0 aliphatic heterocycles. The van der Waals surface area contributed by atoms with Gasteiger partial charge in [-0.2, -0.15) is 0 Å². The van der Waals surface area contributed by atoms with E-state index >= 15 is 0 Å². The number of carbonyl (C=O) groups is 3. The highest BCUT2D eigenvalue weighted by Gasteiger charge is 2.19. The smallest absolute Gasteiger partial charge is 0.306 e. The summed E-state index contributed by atoms with van der Waals surface area (Å²) in [4.78, 5) is 38.4. The fourth-order valence-corrected chi connectivity index (χ4v) is 9.27. The first-order chi connectivity index (χ1) is 37.5. The van der Waals surface area contributed by atoms with Crippen molar-refractivity contribution in [1.82, 2.24) is 0 Å². The fraction of sp³-hybridized carbons (Fsp3) is 0.757. The third-order valence-corrected chi connectivity index (χ3v) is 14.1. The predicted molar refractivity (Wildman–Crippen MR) is 330 cm³/mol. The Balaban J connectivity index is 4.44. The predicted octanol–water partition coefficient (Wildman–Crippen LogP) is 22.3. The molecular weight excluding hydrogens is 937 g/mol. The molecule has 0 saturated carbocycles. The number of carbonyl (C=O) groups excluding carboxylic acids is 3. The molecule has 76 heavy (non-hydrogen) atoms. The molecule has 0 aromatic heterocycles. The van der Waals surface area contributed by atoms with Crippen molar-refractivity contribution in [2.24, 2.45) is 0 Å². The first-order valence-electron chi connectivity index (χ1n) is 32.6. The third-order valence-electron chi connectivity index (χ3n) is 14.1. The van der Waals surface area contributed by atoms with Gasteiger partial charge in [0.25, 0.3) is 0 Å². The average molecular weight is 1060 g/mol. The number of unbranched alkanes of at least 4 members (excludes halogenated alkanes) is 34. The Bertz CT molecular complexity index is 1450. The van der Waals surface area contributed by atoms with E-state index in [1.165, 1.54) is 186 Å². The number of allylic oxidation sites excluding steroid dienone is 14. The van der Waals surface area contributed by atoms with E-state index in [2.05, 4.69) is 106 Å². The van der Waals surface area contributed by atoms with Crippen LogP contribution < -0.4 is 0 Å². The van der Waals surface area contributed by atoms with Gasteiger partial charge in [0, 0.05) is 19.3 Å². The first kappa shape index (κ1) is 72.6. The highest BCUT2D eigenvalue weighted by Crippen LogP contribution is 2.17. The Morgan fingerprint density at radius 2 is 0.513 bits per heavy atom. The Morgan fingerprint density at radius 1 is 0.276 bits per heavy atom. The van der Waals surface area contributed by atoms with E-state index in [0.717, 1.165) is 96.3 Å². The zero-order chi connectivity index (χ0) is 55.0. The number of hydrogen-bond donors (Lipinski definition) is 0. The highest BCUT2D eigenvalue weighted by molar-refractivity contribution is 5.71. The van der Waals surface area contributed by atoms with Crippen molar-refractivity contribution in [2.45, 2.75) is 329 Å². The first-order valence-corrected chi connectivity index (χ1v) is 32.6. The van der Waals surface area contributed by atoms with Crippen molar-refractivity contribution in [3.05, 3.63) is 85.1 Å². The van der Waals surface area contributed by atoms with E-state index in [1.54, 1.807) is 0 Å². The molecular formula is C70H122O6. The maximum atomic E-state index is 12.9. The summed E-state index contributed by atoms with van der Waals surface area (Å²) in [7, 11) is 0. The normalized spacial score (nSPS) is 12.6. The van der Waals surface area contributed by atoms with Gasteiger partial charge in [-0.3, -0.25) is 14.4 Å². The van der Waals surface area contributed by atoms with Crippen LogP contribution >= 0.6 is 0 Å². The van der Waals surface area contributed by atoms with Crippen LogP contribution in [0, 0.1) is 0 Å². The molecule has 0 spiro atoms. The highest BCUT2D eigenvalue weighted by atomic mass is 16.6. The SMILES string of the molecule is CC/C=C\C/C=C\C/C=C\C/C=C\C/C=C\C/C=C\CCCCC(=O)OCC(COC(=O)CCCCCCCCCCCCCCCCCCCC)OC(=O)CCCCCCCCCCC/C=C\CCCCCCCC. The lowest BCUT2D eigenvalue weighted by Crippen LogP contribution is -2.30. The molecule has 6 nitrogen and oxygen atoms in total. The standard InChI is InChI=1S/C70H122O6/c1-4-7-10-13-16-19-22-25-28-31-34-35-37-39-42-45-48-51-54-57-60-63-69(72)75-66-67(65-74-68(71)62-59-56-53-50-47-44-41-38-33-30-27-24-21-18-15-12-9-6-3)76-70(73)64-61-58-55-52-49-46-43-40-36-32-29-26-23-20-17-14-11-8-5-2/h7,10,16,19,25-26,28-29,34-35,39,42,48,51,67H,4-6,8-9,11-15,17-18,20-24,27,30-33,36-38,40-41,43-47,49-50,52-66H2,1-3H3/b10-7-,19-16-,28-25-,29-26-,35-34-,42-39-,51-48-. The lowest BCUT2D eigenvalue weighted by molar-refractivity contribution is -0.167. The molecule has 0 radical (unpaired) electrons. The quantitative estimate of drug-likeness (QED) is 0.0261. The molecule has 0 aromatic rings. The van der Waals surface area contributed by atoms with Crippen LogP contribution in [0.4, 0.5) is 0 Å². The molecule has 6 heteroatoms. The molecule has 0 aromatic carbocycles. The summed E-state index contributed by atoms with van der Waals surface area (Å²) in [5.41, 5.74) is 0. The van der Waals surface area contributed by atoms with E-state index in [4.69, 9.17) is 14.2 Å². The second-order valence-electron chi connectivity index (χ2n) is 21.6. The average Bonchev–Trinajstić information content (AvgIpc) is 3.42. The van der Waals surface area contributed by atoms with Gasteiger partial charge in [0.2, 0.25) is 0 Å². The van der Waals surface area contributed by atoms with Gasteiger partial charge < -0.3 is 14.2 Å². The lowest BCUT2D eigenvalue weighted by Gasteiger charge is -2.18. The minimum Gasteiger partial charge on any atom is -0.462 e. The van der Waals surface area contributed by atoms with E-state index in [-0.39, 0.29) is 31.1 Å². The number of esters is 3. The van der Waals surface area contributed by atoms with Crippen molar-refractivity contribution in [3.63, 3.8) is 0 Å². The molecule has 0 N–H and O–H groups in total. The van der Waals surface area contributed by atoms with Gasteiger partial charge in [-0.05, 0) is 96.3 Å². The summed E-state index contributed by atoms with van der Waals surface area (Å²) in [6.45, 7) is 6.53. The largest absolute Gasteiger partial charge is 0.462 e. The maximum absolute atomic E-state index is 12.9. The van der Waals surface area contributed by atoms with Crippen LogP contribution in [0.25, 0.3) is 0 Å². The van der Waals surface area contributed by atoms with Gasteiger partial charge in [-0.15, -0.1) is 0 Å². The minimum atomic E-state index is -0.796. The Morgan fingerprint density at radius 3 is 0.842 bits per heavy atom. The Kier molecular flexibility index (Phi) is 61.2. The molecule has 0 fully saturated rings.